The zero-order valence-electron chi connectivity index (χ0n) is 9.37. The number of halogens is 2. The van der Waals surface area contributed by atoms with Crippen molar-refractivity contribution < 1.29 is 4.79 Å². The van der Waals surface area contributed by atoms with Crippen LogP contribution in [0.1, 0.15) is 5.56 Å². The van der Waals surface area contributed by atoms with Crippen LogP contribution >= 0.6 is 24.0 Å². The Morgan fingerprint density at radius 1 is 1.38 bits per heavy atom. The van der Waals surface area contributed by atoms with E-state index in [9.17, 15) is 4.79 Å². The van der Waals surface area contributed by atoms with E-state index in [1.807, 2.05) is 24.3 Å². The van der Waals surface area contributed by atoms with Gasteiger partial charge in [0, 0.05) is 18.6 Å². The van der Waals surface area contributed by atoms with Gasteiger partial charge in [-0.1, -0.05) is 23.7 Å². The fraction of sp³-hybridized carbons (Fsp3) is 0.364. The van der Waals surface area contributed by atoms with Gasteiger partial charge in [-0.3, -0.25) is 4.79 Å². The van der Waals surface area contributed by atoms with Gasteiger partial charge in [0.2, 0.25) is 5.91 Å². The van der Waals surface area contributed by atoms with Crippen LogP contribution in [0.3, 0.4) is 0 Å². The lowest BCUT2D eigenvalue weighted by Crippen LogP contribution is -2.33. The second kappa shape index (κ2) is 7.49. The van der Waals surface area contributed by atoms with E-state index >= 15 is 0 Å². The van der Waals surface area contributed by atoms with E-state index in [0.29, 0.717) is 18.1 Å². The fourth-order valence-corrected chi connectivity index (χ4v) is 1.36. The SMILES string of the molecule is CNCC(=O)N(C)Cc1ccc(Cl)cc1.Cl. The van der Waals surface area contributed by atoms with Crippen molar-refractivity contribution in [3.63, 3.8) is 0 Å². The second-order valence-electron chi connectivity index (χ2n) is 3.41. The Balaban J connectivity index is 0.00000225. The maximum atomic E-state index is 11.5. The van der Waals surface area contributed by atoms with Crippen LogP contribution in [-0.2, 0) is 11.3 Å². The van der Waals surface area contributed by atoms with Crippen molar-refractivity contribution in [1.82, 2.24) is 10.2 Å². The molecule has 1 N–H and O–H groups in total. The number of benzene rings is 1. The number of rotatable bonds is 4. The number of nitrogens with one attached hydrogen (secondary N) is 1. The van der Waals surface area contributed by atoms with Gasteiger partial charge in [-0.05, 0) is 24.7 Å². The van der Waals surface area contributed by atoms with Crippen molar-refractivity contribution in [2.24, 2.45) is 0 Å². The first-order chi connectivity index (χ1) is 7.13. The molecule has 0 aliphatic carbocycles. The quantitative estimate of drug-likeness (QED) is 0.900. The van der Waals surface area contributed by atoms with E-state index in [1.54, 1.807) is 19.0 Å². The number of likely N-dealkylation sites (N-methyl/N-ethyl adjacent to an activating group) is 2. The summed E-state index contributed by atoms with van der Waals surface area (Å²) >= 11 is 5.77. The fourth-order valence-electron chi connectivity index (χ4n) is 1.24. The van der Waals surface area contributed by atoms with E-state index in [1.165, 1.54) is 0 Å². The van der Waals surface area contributed by atoms with E-state index in [4.69, 9.17) is 11.6 Å². The van der Waals surface area contributed by atoms with Crippen LogP contribution in [0.5, 0.6) is 0 Å². The van der Waals surface area contributed by atoms with E-state index in [2.05, 4.69) is 5.32 Å². The highest BCUT2D eigenvalue weighted by Crippen LogP contribution is 2.10. The summed E-state index contributed by atoms with van der Waals surface area (Å²) < 4.78 is 0. The number of nitrogens with zero attached hydrogens (tertiary/aromatic N) is 1. The second-order valence-corrected chi connectivity index (χ2v) is 3.84. The molecule has 0 aliphatic rings. The van der Waals surface area contributed by atoms with Crippen molar-refractivity contribution in [3.8, 4) is 0 Å². The van der Waals surface area contributed by atoms with Crippen molar-refractivity contribution in [3.05, 3.63) is 34.9 Å². The molecule has 1 rings (SSSR count). The van der Waals surface area contributed by atoms with E-state index in [0.717, 1.165) is 5.56 Å². The van der Waals surface area contributed by atoms with Gasteiger partial charge in [-0.2, -0.15) is 0 Å². The standard InChI is InChI=1S/C11H15ClN2O.ClH/c1-13-7-11(15)14(2)8-9-3-5-10(12)6-4-9;/h3-6,13H,7-8H2,1-2H3;1H. The molecule has 0 saturated carbocycles. The van der Waals surface area contributed by atoms with Crippen molar-refractivity contribution in [1.29, 1.82) is 0 Å². The Bertz CT molecular complexity index is 327. The topological polar surface area (TPSA) is 32.3 Å². The number of carbonyl (C=O) groups excluding carboxylic acids is 1. The summed E-state index contributed by atoms with van der Waals surface area (Å²) in [6.07, 6.45) is 0. The molecule has 0 spiro atoms. The molecule has 0 saturated heterocycles. The Labute approximate surface area is 107 Å². The third-order valence-corrected chi connectivity index (χ3v) is 2.34. The molecule has 0 unspecified atom stereocenters. The van der Waals surface area contributed by atoms with Crippen molar-refractivity contribution >= 4 is 29.9 Å². The zero-order chi connectivity index (χ0) is 11.3. The molecule has 0 heterocycles. The summed E-state index contributed by atoms with van der Waals surface area (Å²) in [6, 6.07) is 7.50. The Hall–Kier alpha value is -0.770. The normalized spacial score (nSPS) is 9.44. The molecule has 1 aromatic carbocycles. The first kappa shape index (κ1) is 15.2. The summed E-state index contributed by atoms with van der Waals surface area (Å²) in [4.78, 5) is 13.1. The molecular weight excluding hydrogens is 247 g/mol. The van der Waals surface area contributed by atoms with E-state index in [-0.39, 0.29) is 18.3 Å². The Morgan fingerprint density at radius 3 is 2.44 bits per heavy atom. The third-order valence-electron chi connectivity index (χ3n) is 2.09. The molecule has 1 amide bonds. The average molecular weight is 263 g/mol. The van der Waals surface area contributed by atoms with Crippen LogP contribution in [0.4, 0.5) is 0 Å². The number of hydrogen-bond acceptors (Lipinski definition) is 2. The molecule has 0 aromatic heterocycles. The highest BCUT2D eigenvalue weighted by Gasteiger charge is 2.07. The van der Waals surface area contributed by atoms with Crippen molar-refractivity contribution in [2.45, 2.75) is 6.54 Å². The summed E-state index contributed by atoms with van der Waals surface area (Å²) in [5.41, 5.74) is 1.08. The van der Waals surface area contributed by atoms with Gasteiger partial charge < -0.3 is 10.2 Å². The summed E-state index contributed by atoms with van der Waals surface area (Å²) in [5, 5.41) is 3.54. The monoisotopic (exact) mass is 262 g/mol. The van der Waals surface area contributed by atoms with Gasteiger partial charge in [0.1, 0.15) is 0 Å². The first-order valence-corrected chi connectivity index (χ1v) is 5.14. The first-order valence-electron chi connectivity index (χ1n) is 4.76. The van der Waals surface area contributed by atoms with Gasteiger partial charge in [0.25, 0.3) is 0 Å². The van der Waals surface area contributed by atoms with Crippen LogP contribution in [-0.4, -0.2) is 31.4 Å². The van der Waals surface area contributed by atoms with Crippen LogP contribution in [0.15, 0.2) is 24.3 Å². The molecule has 0 atom stereocenters. The largest absolute Gasteiger partial charge is 0.340 e. The van der Waals surface area contributed by atoms with Crippen LogP contribution in [0.2, 0.25) is 5.02 Å². The minimum absolute atomic E-state index is 0. The molecule has 3 nitrogen and oxygen atoms in total. The Kier molecular flexibility index (Phi) is 7.13. The maximum Gasteiger partial charge on any atom is 0.236 e. The van der Waals surface area contributed by atoms with Gasteiger partial charge in [-0.15, -0.1) is 12.4 Å². The Morgan fingerprint density at radius 2 is 1.94 bits per heavy atom. The molecule has 0 radical (unpaired) electrons. The molecule has 0 bridgehead atoms. The number of carbonyl (C=O) groups is 1. The summed E-state index contributed by atoms with van der Waals surface area (Å²) in [7, 11) is 3.54. The minimum Gasteiger partial charge on any atom is -0.340 e. The third kappa shape index (κ3) is 4.84. The molecule has 0 fully saturated rings. The van der Waals surface area contributed by atoms with Crippen LogP contribution in [0.25, 0.3) is 0 Å². The van der Waals surface area contributed by atoms with Crippen molar-refractivity contribution in [2.75, 3.05) is 20.6 Å². The number of amides is 1. The van der Waals surface area contributed by atoms with E-state index < -0.39 is 0 Å². The predicted molar refractivity (Wildman–Crippen MR) is 69.1 cm³/mol. The van der Waals surface area contributed by atoms with Crippen LogP contribution in [0, 0.1) is 0 Å². The van der Waals surface area contributed by atoms with Crippen LogP contribution < -0.4 is 5.32 Å². The van der Waals surface area contributed by atoms with Gasteiger partial charge in [-0.25, -0.2) is 0 Å². The molecular formula is C11H16Cl2N2O. The molecule has 0 aliphatic heterocycles. The number of hydrogen-bond donors (Lipinski definition) is 1. The lowest BCUT2D eigenvalue weighted by Gasteiger charge is -2.16. The van der Waals surface area contributed by atoms with Gasteiger partial charge in [0.05, 0.1) is 6.54 Å². The highest BCUT2D eigenvalue weighted by atomic mass is 35.5. The lowest BCUT2D eigenvalue weighted by molar-refractivity contribution is -0.129. The molecule has 90 valence electrons. The summed E-state index contributed by atoms with van der Waals surface area (Å²) in [6.45, 7) is 0.974. The average Bonchev–Trinajstić information content (AvgIpc) is 2.22. The molecule has 16 heavy (non-hydrogen) atoms. The molecule has 5 heteroatoms. The summed E-state index contributed by atoms with van der Waals surface area (Å²) in [5.74, 6) is 0.0763. The smallest absolute Gasteiger partial charge is 0.236 e. The maximum absolute atomic E-state index is 11.5. The lowest BCUT2D eigenvalue weighted by atomic mass is 10.2. The highest BCUT2D eigenvalue weighted by molar-refractivity contribution is 6.30. The minimum atomic E-state index is 0. The van der Waals surface area contributed by atoms with Gasteiger partial charge >= 0.3 is 0 Å². The zero-order valence-corrected chi connectivity index (χ0v) is 10.9. The predicted octanol–water partition coefficient (Wildman–Crippen LogP) is 1.94. The molecule has 1 aromatic rings. The van der Waals surface area contributed by atoms with Gasteiger partial charge in [0.15, 0.2) is 0 Å².